The summed E-state index contributed by atoms with van der Waals surface area (Å²) in [6.45, 7) is -0.161. The van der Waals surface area contributed by atoms with Crippen molar-refractivity contribution in [2.45, 2.75) is 24.9 Å². The number of benzene rings is 2. The van der Waals surface area contributed by atoms with E-state index in [1.54, 1.807) is 6.07 Å². The van der Waals surface area contributed by atoms with Crippen LogP contribution in [0.3, 0.4) is 0 Å². The van der Waals surface area contributed by atoms with E-state index in [1.807, 2.05) is 24.3 Å². The van der Waals surface area contributed by atoms with Crippen LogP contribution in [0, 0.1) is 0 Å². The monoisotopic (exact) mass is 449 g/mol. The Morgan fingerprint density at radius 1 is 1.03 bits per heavy atom. The quantitative estimate of drug-likeness (QED) is 0.590. The van der Waals surface area contributed by atoms with Gasteiger partial charge in [-0.05, 0) is 36.1 Å². The summed E-state index contributed by atoms with van der Waals surface area (Å²) in [5.74, 6) is -1.35. The van der Waals surface area contributed by atoms with Gasteiger partial charge in [0.1, 0.15) is 6.04 Å². The van der Waals surface area contributed by atoms with Gasteiger partial charge < -0.3 is 20.7 Å². The lowest BCUT2D eigenvalue weighted by molar-refractivity contribution is -0.142. The molecule has 0 aromatic heterocycles. The summed E-state index contributed by atoms with van der Waals surface area (Å²) in [5.41, 5.74) is 2.46. The first kappa shape index (κ1) is 21.9. The Kier molecular flexibility index (Phi) is 7.18. The molecule has 3 N–H and O–H groups in total. The van der Waals surface area contributed by atoms with Crippen molar-refractivity contribution in [2.24, 2.45) is 0 Å². The Balaban J connectivity index is 1.57. The zero-order chi connectivity index (χ0) is 21.7. The summed E-state index contributed by atoms with van der Waals surface area (Å²) in [6, 6.07) is 11.1. The van der Waals surface area contributed by atoms with Gasteiger partial charge in [-0.15, -0.1) is 0 Å². The molecule has 0 radical (unpaired) electrons. The highest BCUT2D eigenvalue weighted by Crippen LogP contribution is 2.24. The number of methoxy groups -OCH3 is 1. The molecular weight excluding hydrogens is 429 g/mol. The van der Waals surface area contributed by atoms with Crippen LogP contribution >= 0.6 is 23.2 Å². The van der Waals surface area contributed by atoms with E-state index in [2.05, 4.69) is 16.0 Å². The fourth-order valence-corrected chi connectivity index (χ4v) is 3.94. The molecule has 158 valence electrons. The molecule has 30 heavy (non-hydrogen) atoms. The molecule has 1 aliphatic rings. The number of urea groups is 1. The average Bonchev–Trinajstić information content (AvgIpc) is 3.12. The maximum absolute atomic E-state index is 12.6. The minimum absolute atomic E-state index is 0.0319. The number of esters is 1. The second-order valence-corrected chi connectivity index (χ2v) is 7.69. The summed E-state index contributed by atoms with van der Waals surface area (Å²) in [6.07, 6.45) is 1.48. The third-order valence-corrected chi connectivity index (χ3v) is 5.46. The van der Waals surface area contributed by atoms with E-state index in [9.17, 15) is 14.4 Å². The minimum Gasteiger partial charge on any atom is -0.467 e. The Labute approximate surface area is 184 Å². The van der Waals surface area contributed by atoms with Crippen LogP contribution in [0.5, 0.6) is 0 Å². The number of ether oxygens (including phenoxy) is 1. The standard InChI is InChI=1S/C21H21Cl2N3O4/c1-30-20(28)17(26-19(27)18-15(22)7-4-8-16(18)23)11-24-21(29)25-14-9-12-5-2-3-6-13(12)10-14/h2-8,14,17H,9-11H2,1H3,(H,26,27)(H2,24,25,29). The lowest BCUT2D eigenvalue weighted by Gasteiger charge is -2.19. The molecule has 1 aliphatic carbocycles. The van der Waals surface area contributed by atoms with E-state index < -0.39 is 23.9 Å². The highest BCUT2D eigenvalue weighted by molar-refractivity contribution is 6.39. The van der Waals surface area contributed by atoms with Gasteiger partial charge in [-0.3, -0.25) is 4.79 Å². The Morgan fingerprint density at radius 3 is 2.20 bits per heavy atom. The van der Waals surface area contributed by atoms with Gasteiger partial charge in [-0.2, -0.15) is 0 Å². The number of amides is 3. The molecule has 0 saturated carbocycles. The molecule has 0 fully saturated rings. The van der Waals surface area contributed by atoms with Gasteiger partial charge >= 0.3 is 12.0 Å². The van der Waals surface area contributed by atoms with Crippen LogP contribution in [0.15, 0.2) is 42.5 Å². The van der Waals surface area contributed by atoms with Gasteiger partial charge in [0.2, 0.25) is 0 Å². The molecule has 9 heteroatoms. The highest BCUT2D eigenvalue weighted by atomic mass is 35.5. The molecular formula is C21H21Cl2N3O4. The van der Waals surface area contributed by atoms with Gasteiger partial charge in [-0.25, -0.2) is 9.59 Å². The molecule has 1 atom stereocenters. The van der Waals surface area contributed by atoms with Gasteiger partial charge in [-0.1, -0.05) is 53.5 Å². The first-order chi connectivity index (χ1) is 14.4. The van der Waals surface area contributed by atoms with Gasteiger partial charge in [0, 0.05) is 6.04 Å². The zero-order valence-corrected chi connectivity index (χ0v) is 17.7. The number of nitrogens with one attached hydrogen (secondary N) is 3. The molecule has 0 saturated heterocycles. The summed E-state index contributed by atoms with van der Waals surface area (Å²) < 4.78 is 4.73. The normalized spacial score (nSPS) is 13.8. The fraction of sp³-hybridized carbons (Fsp3) is 0.286. The van der Waals surface area contributed by atoms with E-state index in [1.165, 1.54) is 30.4 Å². The predicted octanol–water partition coefficient (Wildman–Crippen LogP) is 2.73. The summed E-state index contributed by atoms with van der Waals surface area (Å²) in [7, 11) is 1.19. The van der Waals surface area contributed by atoms with Crippen molar-refractivity contribution >= 4 is 41.1 Å². The molecule has 1 unspecified atom stereocenters. The first-order valence-corrected chi connectivity index (χ1v) is 10.1. The SMILES string of the molecule is COC(=O)C(CNC(=O)NC1Cc2ccccc2C1)NC(=O)c1c(Cl)cccc1Cl. The largest absolute Gasteiger partial charge is 0.467 e. The number of rotatable bonds is 6. The maximum atomic E-state index is 12.6. The molecule has 7 nitrogen and oxygen atoms in total. The second-order valence-electron chi connectivity index (χ2n) is 6.87. The van der Waals surface area contributed by atoms with Crippen molar-refractivity contribution in [3.05, 3.63) is 69.2 Å². The van der Waals surface area contributed by atoms with Crippen LogP contribution in [0.2, 0.25) is 10.0 Å². The van der Waals surface area contributed by atoms with Crippen molar-refractivity contribution < 1.29 is 19.1 Å². The van der Waals surface area contributed by atoms with E-state index >= 15 is 0 Å². The molecule has 2 aromatic rings. The van der Waals surface area contributed by atoms with Crippen molar-refractivity contribution in [2.75, 3.05) is 13.7 Å². The lowest BCUT2D eigenvalue weighted by Crippen LogP contribution is -2.52. The van der Waals surface area contributed by atoms with E-state index in [4.69, 9.17) is 27.9 Å². The topological polar surface area (TPSA) is 96.5 Å². The van der Waals surface area contributed by atoms with Crippen molar-refractivity contribution in [1.29, 1.82) is 0 Å². The van der Waals surface area contributed by atoms with Gasteiger partial charge in [0.25, 0.3) is 5.91 Å². The fourth-order valence-electron chi connectivity index (χ4n) is 3.37. The van der Waals surface area contributed by atoms with Crippen LogP contribution in [-0.4, -0.2) is 43.6 Å². The van der Waals surface area contributed by atoms with Gasteiger partial charge in [0.15, 0.2) is 0 Å². The highest BCUT2D eigenvalue weighted by Gasteiger charge is 2.26. The first-order valence-electron chi connectivity index (χ1n) is 9.33. The number of hydrogen-bond acceptors (Lipinski definition) is 4. The van der Waals surface area contributed by atoms with E-state index in [-0.39, 0.29) is 28.2 Å². The summed E-state index contributed by atoms with van der Waals surface area (Å²) >= 11 is 12.1. The smallest absolute Gasteiger partial charge is 0.330 e. The van der Waals surface area contributed by atoms with Crippen molar-refractivity contribution in [3.8, 4) is 0 Å². The third-order valence-electron chi connectivity index (χ3n) is 4.83. The van der Waals surface area contributed by atoms with Crippen LogP contribution < -0.4 is 16.0 Å². The summed E-state index contributed by atoms with van der Waals surface area (Å²) in [4.78, 5) is 36.9. The van der Waals surface area contributed by atoms with Crippen molar-refractivity contribution in [1.82, 2.24) is 16.0 Å². The number of fused-ring (bicyclic) bond motifs is 1. The molecule has 0 bridgehead atoms. The van der Waals surface area contributed by atoms with Gasteiger partial charge in [0.05, 0.1) is 29.3 Å². The number of halogens is 2. The summed E-state index contributed by atoms with van der Waals surface area (Å²) in [5, 5.41) is 8.29. The van der Waals surface area contributed by atoms with E-state index in [0.717, 1.165) is 12.8 Å². The Hall–Kier alpha value is -2.77. The molecule has 2 aromatic carbocycles. The lowest BCUT2D eigenvalue weighted by atomic mass is 10.1. The predicted molar refractivity (Wildman–Crippen MR) is 114 cm³/mol. The van der Waals surface area contributed by atoms with E-state index in [0.29, 0.717) is 0 Å². The third kappa shape index (κ3) is 5.23. The minimum atomic E-state index is -1.11. The molecule has 3 amide bonds. The van der Waals surface area contributed by atoms with Crippen LogP contribution in [0.1, 0.15) is 21.5 Å². The zero-order valence-electron chi connectivity index (χ0n) is 16.2. The molecule has 0 spiro atoms. The van der Waals surface area contributed by atoms with Crippen LogP contribution in [0.25, 0.3) is 0 Å². The Bertz CT molecular complexity index is 922. The second kappa shape index (κ2) is 9.82. The van der Waals surface area contributed by atoms with Crippen LogP contribution in [0.4, 0.5) is 4.79 Å². The average molecular weight is 450 g/mol. The van der Waals surface area contributed by atoms with Crippen LogP contribution in [-0.2, 0) is 22.4 Å². The number of hydrogen-bond donors (Lipinski definition) is 3. The molecule has 0 aliphatic heterocycles. The Morgan fingerprint density at radius 2 is 1.63 bits per heavy atom. The van der Waals surface area contributed by atoms with Crippen molar-refractivity contribution in [3.63, 3.8) is 0 Å². The maximum Gasteiger partial charge on any atom is 0.330 e. The number of carbonyl (C=O) groups excluding carboxylic acids is 3. The molecule has 3 rings (SSSR count). The number of carbonyl (C=O) groups is 3. The molecule has 0 heterocycles.